The van der Waals surface area contributed by atoms with Crippen molar-refractivity contribution in [2.45, 2.75) is 20.0 Å². The molecule has 20 heavy (non-hydrogen) atoms. The maximum Gasteiger partial charge on any atom is 0.338 e. The third-order valence-corrected chi connectivity index (χ3v) is 3.98. The minimum atomic E-state index is -0.211. The number of esters is 1. The van der Waals surface area contributed by atoms with Gasteiger partial charge in [0.25, 0.3) is 0 Å². The molecule has 0 aromatic heterocycles. The molecule has 0 radical (unpaired) electrons. The Labute approximate surface area is 121 Å². The Morgan fingerprint density at radius 1 is 1.20 bits per heavy atom. The molecule has 0 aliphatic carbocycles. The van der Waals surface area contributed by atoms with Crippen LogP contribution in [-0.2, 0) is 4.74 Å². The number of carbonyl (C=O) groups excluding carboxylic acids is 1. The van der Waals surface area contributed by atoms with Crippen LogP contribution in [-0.4, -0.2) is 51.8 Å². The second-order valence-electron chi connectivity index (χ2n) is 5.99. The van der Waals surface area contributed by atoms with E-state index in [-0.39, 0.29) is 12.1 Å². The van der Waals surface area contributed by atoms with Crippen LogP contribution in [0.1, 0.15) is 22.8 Å². The average Bonchev–Trinajstić information content (AvgIpc) is 2.42. The van der Waals surface area contributed by atoms with E-state index in [1.165, 1.54) is 13.1 Å². The molecule has 0 saturated carbocycles. The molecular formula is C16H26N2O2+2. The van der Waals surface area contributed by atoms with Crippen LogP contribution in [0.2, 0.25) is 0 Å². The number of ether oxygens (including phenoxy) is 1. The van der Waals surface area contributed by atoms with Crippen molar-refractivity contribution in [1.29, 1.82) is 0 Å². The first-order valence-corrected chi connectivity index (χ1v) is 7.47. The monoisotopic (exact) mass is 278 g/mol. The molecule has 1 saturated heterocycles. The molecule has 1 fully saturated rings. The van der Waals surface area contributed by atoms with Gasteiger partial charge >= 0.3 is 5.97 Å². The lowest BCUT2D eigenvalue weighted by molar-refractivity contribution is -1.00. The van der Waals surface area contributed by atoms with Crippen molar-refractivity contribution in [2.75, 3.05) is 39.8 Å². The van der Waals surface area contributed by atoms with Crippen LogP contribution in [0.3, 0.4) is 0 Å². The van der Waals surface area contributed by atoms with E-state index in [1.807, 2.05) is 38.1 Å². The molecule has 1 atom stereocenters. The van der Waals surface area contributed by atoms with E-state index >= 15 is 0 Å². The summed E-state index contributed by atoms with van der Waals surface area (Å²) < 4.78 is 5.54. The molecule has 1 heterocycles. The molecule has 2 rings (SSSR count). The van der Waals surface area contributed by atoms with E-state index in [1.54, 1.807) is 9.80 Å². The van der Waals surface area contributed by atoms with Gasteiger partial charge in [0.2, 0.25) is 0 Å². The fraction of sp³-hybridized carbons (Fsp3) is 0.562. The number of quaternary nitrogens is 2. The van der Waals surface area contributed by atoms with Crippen molar-refractivity contribution in [3.05, 3.63) is 35.4 Å². The van der Waals surface area contributed by atoms with Crippen LogP contribution in [0.5, 0.6) is 0 Å². The summed E-state index contributed by atoms with van der Waals surface area (Å²) in [6.07, 6.45) is -0.0304. The topological polar surface area (TPSA) is 35.2 Å². The van der Waals surface area contributed by atoms with Gasteiger partial charge in [0.05, 0.1) is 12.6 Å². The van der Waals surface area contributed by atoms with Crippen molar-refractivity contribution in [1.82, 2.24) is 0 Å². The molecule has 0 unspecified atom stereocenters. The lowest BCUT2D eigenvalue weighted by Gasteiger charge is -2.28. The summed E-state index contributed by atoms with van der Waals surface area (Å²) in [5.41, 5.74) is 1.79. The minimum absolute atomic E-state index is 0.0304. The Bertz CT molecular complexity index is 436. The molecule has 4 nitrogen and oxygen atoms in total. The lowest BCUT2D eigenvalue weighted by atomic mass is 10.1. The van der Waals surface area contributed by atoms with Gasteiger partial charge in [-0.15, -0.1) is 0 Å². The number of benzene rings is 1. The molecule has 0 bridgehead atoms. The number of likely N-dealkylation sites (N-methyl/N-ethyl adjacent to an activating group) is 1. The molecule has 4 heteroatoms. The first-order valence-electron chi connectivity index (χ1n) is 7.47. The zero-order chi connectivity index (χ0) is 14.5. The van der Waals surface area contributed by atoms with Gasteiger partial charge in [-0.2, -0.15) is 0 Å². The van der Waals surface area contributed by atoms with Gasteiger partial charge in [0, 0.05) is 0 Å². The van der Waals surface area contributed by atoms with Crippen LogP contribution < -0.4 is 9.80 Å². The number of piperazine rings is 1. The van der Waals surface area contributed by atoms with E-state index in [4.69, 9.17) is 4.74 Å². The van der Waals surface area contributed by atoms with Crippen molar-refractivity contribution in [3.8, 4) is 0 Å². The Morgan fingerprint density at radius 2 is 1.80 bits per heavy atom. The number of aryl methyl sites for hydroxylation is 1. The van der Waals surface area contributed by atoms with Crippen LogP contribution >= 0.6 is 0 Å². The summed E-state index contributed by atoms with van der Waals surface area (Å²) in [7, 11) is 2.23. The molecule has 1 aliphatic heterocycles. The van der Waals surface area contributed by atoms with Crippen molar-refractivity contribution >= 4 is 5.97 Å². The smallest absolute Gasteiger partial charge is 0.338 e. The molecule has 1 aromatic rings. The van der Waals surface area contributed by atoms with Gasteiger partial charge in [0.1, 0.15) is 38.8 Å². The summed E-state index contributed by atoms with van der Waals surface area (Å²) in [5, 5.41) is 0. The van der Waals surface area contributed by atoms with Crippen molar-refractivity contribution in [2.24, 2.45) is 0 Å². The summed E-state index contributed by atoms with van der Waals surface area (Å²) in [4.78, 5) is 15.2. The number of rotatable bonds is 4. The number of nitrogens with one attached hydrogen (secondary N) is 2. The summed E-state index contributed by atoms with van der Waals surface area (Å²) in [6.45, 7) is 9.64. The Balaban J connectivity index is 1.80. The quantitative estimate of drug-likeness (QED) is 0.690. The van der Waals surface area contributed by atoms with E-state index in [0.717, 1.165) is 25.2 Å². The second-order valence-corrected chi connectivity index (χ2v) is 5.99. The summed E-state index contributed by atoms with van der Waals surface area (Å²) >= 11 is 0. The maximum absolute atomic E-state index is 12.0. The highest BCUT2D eigenvalue weighted by Gasteiger charge is 2.23. The van der Waals surface area contributed by atoms with Gasteiger partial charge in [0.15, 0.2) is 0 Å². The molecule has 1 aromatic carbocycles. The van der Waals surface area contributed by atoms with Crippen LogP contribution in [0, 0.1) is 6.92 Å². The van der Waals surface area contributed by atoms with E-state index in [9.17, 15) is 4.79 Å². The average molecular weight is 278 g/mol. The highest BCUT2D eigenvalue weighted by atomic mass is 16.5. The third-order valence-electron chi connectivity index (χ3n) is 3.98. The second kappa shape index (κ2) is 6.86. The summed E-state index contributed by atoms with van der Waals surface area (Å²) in [5.74, 6) is -0.211. The normalized spacial score (nSPS) is 24.1. The van der Waals surface area contributed by atoms with E-state index < -0.39 is 0 Å². The fourth-order valence-electron chi connectivity index (χ4n) is 2.62. The van der Waals surface area contributed by atoms with Crippen LogP contribution in [0.15, 0.2) is 24.3 Å². The molecule has 1 aliphatic rings. The standard InChI is InChI=1S/C16H24N2O2/c1-13-4-6-15(7-5-13)16(19)20-14(2)12-18-10-8-17(3)9-11-18/h4-7,14H,8-12H2,1-3H3/p+2/t14-/m1/s1. The molecule has 2 N–H and O–H groups in total. The highest BCUT2D eigenvalue weighted by molar-refractivity contribution is 5.89. The van der Waals surface area contributed by atoms with Gasteiger partial charge < -0.3 is 14.5 Å². The van der Waals surface area contributed by atoms with Gasteiger partial charge in [-0.1, -0.05) is 17.7 Å². The number of hydrogen-bond donors (Lipinski definition) is 2. The minimum Gasteiger partial charge on any atom is -0.453 e. The van der Waals surface area contributed by atoms with Gasteiger partial charge in [-0.05, 0) is 26.0 Å². The molecule has 0 amide bonds. The van der Waals surface area contributed by atoms with Gasteiger partial charge in [-0.3, -0.25) is 0 Å². The lowest BCUT2D eigenvalue weighted by Crippen LogP contribution is -3.27. The van der Waals surface area contributed by atoms with Crippen molar-refractivity contribution in [3.63, 3.8) is 0 Å². The largest absolute Gasteiger partial charge is 0.453 e. The van der Waals surface area contributed by atoms with Crippen LogP contribution in [0.25, 0.3) is 0 Å². The third kappa shape index (κ3) is 4.32. The van der Waals surface area contributed by atoms with E-state index in [0.29, 0.717) is 5.56 Å². The Kier molecular flexibility index (Phi) is 5.15. The first-order chi connectivity index (χ1) is 9.54. The first kappa shape index (κ1) is 15.0. The highest BCUT2D eigenvalue weighted by Crippen LogP contribution is 2.06. The SMILES string of the molecule is Cc1ccc(C(=O)O[C@H](C)C[NH+]2CC[NH+](C)CC2)cc1. The van der Waals surface area contributed by atoms with Crippen molar-refractivity contribution < 1.29 is 19.3 Å². The summed E-state index contributed by atoms with van der Waals surface area (Å²) in [6, 6.07) is 7.54. The predicted octanol–water partition coefficient (Wildman–Crippen LogP) is -1.05. The van der Waals surface area contributed by atoms with Crippen LogP contribution in [0.4, 0.5) is 0 Å². The Hall–Kier alpha value is -1.39. The maximum atomic E-state index is 12.0. The zero-order valence-corrected chi connectivity index (χ0v) is 12.7. The zero-order valence-electron chi connectivity index (χ0n) is 12.7. The molecule has 0 spiro atoms. The number of carbonyl (C=O) groups is 1. The Morgan fingerprint density at radius 3 is 2.40 bits per heavy atom. The van der Waals surface area contributed by atoms with E-state index in [2.05, 4.69) is 7.05 Å². The predicted molar refractivity (Wildman–Crippen MR) is 78.2 cm³/mol. The van der Waals surface area contributed by atoms with Gasteiger partial charge in [-0.25, -0.2) is 4.79 Å². The molecule has 110 valence electrons. The molecular weight excluding hydrogens is 252 g/mol. The number of hydrogen-bond acceptors (Lipinski definition) is 2. The fourth-order valence-corrected chi connectivity index (χ4v) is 2.62.